The maximum Gasteiger partial charge on any atom is 3.00 e. The van der Waals surface area contributed by atoms with Crippen LogP contribution in [0.15, 0.2) is 0 Å². The van der Waals surface area contributed by atoms with Gasteiger partial charge < -0.3 is 28.7 Å². The van der Waals surface area contributed by atoms with Crippen LogP contribution in [0.25, 0.3) is 0 Å². The van der Waals surface area contributed by atoms with E-state index in [1.807, 2.05) is 0 Å². The van der Waals surface area contributed by atoms with Crippen LogP contribution in [-0.2, 0) is 26.2 Å². The van der Waals surface area contributed by atoms with E-state index in [1.54, 1.807) is 0 Å². The van der Waals surface area contributed by atoms with Crippen LogP contribution in [0, 0.1) is 0 Å². The Labute approximate surface area is 88.0 Å². The van der Waals surface area contributed by atoms with Gasteiger partial charge in [-0.2, -0.15) is 0 Å². The first-order valence-corrected chi connectivity index (χ1v) is 5.81. The normalized spacial score (nSPS) is 17.8. The summed E-state index contributed by atoms with van der Waals surface area (Å²) in [6.07, 6.45) is 0. The van der Waals surface area contributed by atoms with Crippen LogP contribution < -0.4 is 14.7 Å². The topological polar surface area (TPSA) is 124 Å². The summed E-state index contributed by atoms with van der Waals surface area (Å²) in [7, 11) is -11.4. The van der Waals surface area contributed by atoms with E-state index in [2.05, 4.69) is 23.2 Å². The average Bonchev–Trinajstić information content (AvgIpc) is 1.58. The molecular weight excluding hydrogens is 297 g/mol. The quantitative estimate of drug-likeness (QED) is 0.377. The monoisotopic (exact) mass is 297 g/mol. The molecule has 0 heterocycles. The van der Waals surface area contributed by atoms with E-state index < -0.39 is 19.0 Å². The van der Waals surface area contributed by atoms with Crippen LogP contribution in [0.3, 0.4) is 0 Å². The third-order valence-corrected chi connectivity index (χ3v) is 6.03. The Balaban J connectivity index is 0. The molecule has 6 nitrogen and oxygen atoms in total. The molecule has 0 aromatic carbocycles. The molecule has 0 aromatic rings. The van der Waals surface area contributed by atoms with Gasteiger partial charge in [-0.3, -0.25) is 0 Å². The number of hydrogen-bond donors (Lipinski definition) is 1. The van der Waals surface area contributed by atoms with Crippen LogP contribution in [0.5, 0.6) is 0 Å². The molecule has 0 aliphatic heterocycles. The van der Waals surface area contributed by atoms with Crippen molar-refractivity contribution in [2.45, 2.75) is 3.82 Å². The Bertz CT molecular complexity index is 216. The Morgan fingerprint density at radius 2 is 1.42 bits per heavy atom. The minimum Gasteiger partial charge on any atom is -0.808 e. The molecule has 1 unspecified atom stereocenters. The number of hydrogen-bond acceptors (Lipinski definition) is 5. The van der Waals surface area contributed by atoms with Crippen molar-refractivity contribution in [1.29, 1.82) is 0 Å². The third-order valence-electron chi connectivity index (χ3n) is 0.669. The van der Waals surface area contributed by atoms with E-state index in [-0.39, 0.29) is 17.1 Å². The standard InChI is InChI=1S/CH4Cl2O6P2.Fe/c2-1(3,10(4,5)6)11(7,8)9;/h(H2,4,5,6)(H2,7,8,9);/q;+3/p-3. The molecule has 12 heavy (non-hydrogen) atoms. The van der Waals surface area contributed by atoms with Gasteiger partial charge in [0.2, 0.25) is 3.82 Å². The van der Waals surface area contributed by atoms with Gasteiger partial charge in [0.1, 0.15) is 0 Å². The Morgan fingerprint density at radius 1 is 1.17 bits per heavy atom. The molecule has 73 valence electrons. The fraction of sp³-hybridized carbons (Fsp3) is 1.00. The molecule has 1 radical (unpaired) electrons. The van der Waals surface area contributed by atoms with Gasteiger partial charge in [0.15, 0.2) is 7.60 Å². The van der Waals surface area contributed by atoms with Crippen LogP contribution in [0.1, 0.15) is 0 Å². The van der Waals surface area contributed by atoms with Crippen molar-refractivity contribution in [3.05, 3.63) is 0 Å². The van der Waals surface area contributed by atoms with E-state index in [4.69, 9.17) is 4.89 Å². The Morgan fingerprint density at radius 3 is 1.42 bits per heavy atom. The summed E-state index contributed by atoms with van der Waals surface area (Å²) in [5.74, 6) is 0. The van der Waals surface area contributed by atoms with Gasteiger partial charge in [-0.25, -0.2) is 0 Å². The van der Waals surface area contributed by atoms with Gasteiger partial charge in [0.25, 0.3) is 0 Å². The van der Waals surface area contributed by atoms with Crippen molar-refractivity contribution < 1.29 is 45.8 Å². The molecule has 0 saturated carbocycles. The van der Waals surface area contributed by atoms with Gasteiger partial charge >= 0.3 is 17.1 Å². The molecule has 0 aromatic heterocycles. The summed E-state index contributed by atoms with van der Waals surface area (Å²) in [5, 5.41) is 0. The summed E-state index contributed by atoms with van der Waals surface area (Å²) >= 11 is 9.08. The van der Waals surface area contributed by atoms with Gasteiger partial charge in [0.05, 0.1) is 0 Å². The summed E-state index contributed by atoms with van der Waals surface area (Å²) in [6.45, 7) is 0. The summed E-state index contributed by atoms with van der Waals surface area (Å²) in [6, 6.07) is 0. The molecule has 0 bridgehead atoms. The van der Waals surface area contributed by atoms with Crippen molar-refractivity contribution in [3.8, 4) is 0 Å². The van der Waals surface area contributed by atoms with Crippen LogP contribution in [-0.4, -0.2) is 8.71 Å². The molecule has 0 saturated heterocycles. The molecular formula is CHCl2FeO6P2. The first-order chi connectivity index (χ1) is 4.50. The molecule has 11 heteroatoms. The van der Waals surface area contributed by atoms with E-state index in [0.717, 1.165) is 0 Å². The van der Waals surface area contributed by atoms with Crippen molar-refractivity contribution >= 4 is 38.4 Å². The number of alkyl halides is 2. The fourth-order valence-corrected chi connectivity index (χ4v) is 1.39. The zero-order chi connectivity index (χ0) is 9.50. The van der Waals surface area contributed by atoms with E-state index in [1.165, 1.54) is 0 Å². The van der Waals surface area contributed by atoms with Gasteiger partial charge in [0, 0.05) is 0 Å². The fourth-order valence-electron chi connectivity index (χ4n) is 0.155. The minimum atomic E-state index is -5.78. The minimum absolute atomic E-state index is 0. The smallest absolute Gasteiger partial charge is 0.808 e. The van der Waals surface area contributed by atoms with E-state index >= 15 is 0 Å². The molecule has 0 fully saturated rings. The van der Waals surface area contributed by atoms with Crippen LogP contribution >= 0.6 is 38.4 Å². The summed E-state index contributed by atoms with van der Waals surface area (Å²) < 4.78 is 16.3. The summed E-state index contributed by atoms with van der Waals surface area (Å²) in [4.78, 5) is 38.0. The number of halogens is 2. The molecule has 1 N–H and O–H groups in total. The maximum absolute atomic E-state index is 10.0. The maximum atomic E-state index is 10.0. The van der Waals surface area contributed by atoms with Crippen LogP contribution in [0.4, 0.5) is 0 Å². The first-order valence-electron chi connectivity index (χ1n) is 1.94. The van der Waals surface area contributed by atoms with E-state index in [0.29, 0.717) is 0 Å². The first kappa shape index (κ1) is 15.9. The zero-order valence-corrected chi connectivity index (χ0v) is 9.40. The number of rotatable bonds is 2. The Kier molecular flexibility index (Phi) is 5.66. The molecule has 0 aliphatic carbocycles. The second-order valence-electron chi connectivity index (χ2n) is 1.53. The second kappa shape index (κ2) is 4.28. The molecule has 0 aliphatic rings. The van der Waals surface area contributed by atoms with Crippen molar-refractivity contribution in [3.63, 3.8) is 0 Å². The molecule has 0 rings (SSSR count). The predicted molar refractivity (Wildman–Crippen MR) is 31.9 cm³/mol. The van der Waals surface area contributed by atoms with Crippen molar-refractivity contribution in [2.75, 3.05) is 0 Å². The largest absolute Gasteiger partial charge is 3.00 e. The predicted octanol–water partition coefficient (Wildman–Crippen LogP) is -1.47. The van der Waals surface area contributed by atoms with Crippen LogP contribution in [0.2, 0.25) is 0 Å². The van der Waals surface area contributed by atoms with Gasteiger partial charge in [-0.05, 0) is 7.60 Å². The third kappa shape index (κ3) is 3.28. The van der Waals surface area contributed by atoms with Crippen molar-refractivity contribution in [1.82, 2.24) is 0 Å². The second-order valence-corrected chi connectivity index (χ2v) is 7.64. The molecule has 1 atom stereocenters. The Hall–Kier alpha value is 1.40. The average molecular weight is 298 g/mol. The van der Waals surface area contributed by atoms with E-state index in [9.17, 15) is 23.8 Å². The molecule has 0 spiro atoms. The van der Waals surface area contributed by atoms with Gasteiger partial charge in [-0.1, -0.05) is 23.2 Å². The summed E-state index contributed by atoms with van der Waals surface area (Å²) in [5.41, 5.74) is 0. The molecule has 0 amide bonds. The SMILES string of the molecule is O=P([O-])([O-])C(Cl)(Cl)P(=O)([O-])O.[Fe+3]. The van der Waals surface area contributed by atoms with Gasteiger partial charge in [-0.15, -0.1) is 0 Å². The zero-order valence-electron chi connectivity index (χ0n) is 4.99. The van der Waals surface area contributed by atoms with Crippen molar-refractivity contribution in [2.24, 2.45) is 0 Å².